The highest BCUT2D eigenvalue weighted by Crippen LogP contribution is 2.05. The van der Waals surface area contributed by atoms with Gasteiger partial charge in [0.1, 0.15) is 5.82 Å². The van der Waals surface area contributed by atoms with Gasteiger partial charge in [0.15, 0.2) is 0 Å². The van der Waals surface area contributed by atoms with Gasteiger partial charge in [-0.25, -0.2) is 4.98 Å². The van der Waals surface area contributed by atoms with Crippen LogP contribution in [-0.2, 0) is 11.3 Å². The highest BCUT2D eigenvalue weighted by molar-refractivity contribution is 5.75. The summed E-state index contributed by atoms with van der Waals surface area (Å²) in [6, 6.07) is 3.86. The van der Waals surface area contributed by atoms with E-state index in [1.54, 1.807) is 6.20 Å². The summed E-state index contributed by atoms with van der Waals surface area (Å²) in [4.78, 5) is 16.7. The molecule has 0 aliphatic heterocycles. The van der Waals surface area contributed by atoms with Crippen LogP contribution in [0, 0.1) is 0 Å². The van der Waals surface area contributed by atoms with E-state index in [2.05, 4.69) is 10.3 Å². The molecule has 0 saturated heterocycles. The van der Waals surface area contributed by atoms with Crippen molar-refractivity contribution < 1.29 is 4.79 Å². The maximum absolute atomic E-state index is 10.7. The molecule has 1 heterocycles. The molecule has 0 unspecified atom stereocenters. The van der Waals surface area contributed by atoms with Gasteiger partial charge in [-0.05, 0) is 18.7 Å². The molecule has 1 amide bonds. The Hall–Kier alpha value is -1.62. The Morgan fingerprint density at radius 3 is 2.80 bits per heavy atom. The quantitative estimate of drug-likeness (QED) is 0.716. The Bertz CT molecular complexity index is 323. The van der Waals surface area contributed by atoms with E-state index in [9.17, 15) is 4.79 Å². The third-order valence-electron chi connectivity index (χ3n) is 1.96. The molecule has 5 heteroatoms. The van der Waals surface area contributed by atoms with Crippen molar-refractivity contribution in [2.24, 2.45) is 5.73 Å². The molecular formula is C10H16N4O. The van der Waals surface area contributed by atoms with E-state index in [-0.39, 0.29) is 12.5 Å². The fourth-order valence-corrected chi connectivity index (χ4v) is 1.30. The van der Waals surface area contributed by atoms with E-state index < -0.39 is 0 Å². The smallest absolute Gasteiger partial charge is 0.231 e. The predicted molar refractivity (Wildman–Crippen MR) is 59.3 cm³/mol. The molecule has 0 bridgehead atoms. The van der Waals surface area contributed by atoms with Crippen molar-refractivity contribution in [1.82, 2.24) is 9.88 Å². The number of primary amides is 1. The van der Waals surface area contributed by atoms with Crippen molar-refractivity contribution >= 4 is 11.7 Å². The zero-order chi connectivity index (χ0) is 11.3. The number of aromatic nitrogens is 1. The minimum atomic E-state index is -0.322. The second-order valence-electron chi connectivity index (χ2n) is 3.44. The summed E-state index contributed by atoms with van der Waals surface area (Å²) in [6.45, 7) is 0.924. The summed E-state index contributed by atoms with van der Waals surface area (Å²) in [5.74, 6) is 0.508. The zero-order valence-corrected chi connectivity index (χ0v) is 9.03. The lowest BCUT2D eigenvalue weighted by Crippen LogP contribution is -2.30. The molecule has 0 aliphatic carbocycles. The van der Waals surface area contributed by atoms with Crippen LogP contribution >= 0.6 is 0 Å². The number of likely N-dealkylation sites (N-methyl/N-ethyl adjacent to an activating group) is 1. The first-order valence-corrected chi connectivity index (χ1v) is 4.71. The van der Waals surface area contributed by atoms with Gasteiger partial charge in [0.25, 0.3) is 0 Å². The molecule has 5 nitrogen and oxygen atoms in total. The number of amides is 1. The molecule has 1 rings (SSSR count). The Morgan fingerprint density at radius 2 is 2.33 bits per heavy atom. The number of pyridine rings is 1. The summed E-state index contributed by atoms with van der Waals surface area (Å²) < 4.78 is 0. The van der Waals surface area contributed by atoms with Crippen molar-refractivity contribution in [2.75, 3.05) is 26.0 Å². The fourth-order valence-electron chi connectivity index (χ4n) is 1.30. The van der Waals surface area contributed by atoms with Gasteiger partial charge >= 0.3 is 0 Å². The second-order valence-corrected chi connectivity index (χ2v) is 3.44. The van der Waals surface area contributed by atoms with Crippen LogP contribution in [0.25, 0.3) is 0 Å². The average molecular weight is 208 g/mol. The maximum atomic E-state index is 10.7. The standard InChI is InChI=1S/C10H16N4O/c1-12-10-4-3-8(5-13-10)6-14(2)7-9(11)15/h3-5H,6-7H2,1-2H3,(H2,11,15)(H,12,13). The average Bonchev–Trinajstić information content (AvgIpc) is 2.17. The number of hydrogen-bond donors (Lipinski definition) is 2. The van der Waals surface area contributed by atoms with Crippen LogP contribution in [0.4, 0.5) is 5.82 Å². The van der Waals surface area contributed by atoms with E-state index in [1.807, 2.05) is 31.1 Å². The Morgan fingerprint density at radius 1 is 1.60 bits per heavy atom. The number of nitrogens with two attached hydrogens (primary N) is 1. The highest BCUT2D eigenvalue weighted by Gasteiger charge is 2.03. The van der Waals surface area contributed by atoms with Crippen LogP contribution in [-0.4, -0.2) is 36.4 Å². The van der Waals surface area contributed by atoms with Crippen LogP contribution in [0.15, 0.2) is 18.3 Å². The normalized spacial score (nSPS) is 10.3. The fraction of sp³-hybridized carbons (Fsp3) is 0.400. The lowest BCUT2D eigenvalue weighted by Gasteiger charge is -2.14. The van der Waals surface area contributed by atoms with Crippen LogP contribution in [0.5, 0.6) is 0 Å². The third kappa shape index (κ3) is 3.95. The number of anilines is 1. The molecular weight excluding hydrogens is 192 g/mol. The molecule has 0 spiro atoms. The molecule has 0 saturated carbocycles. The second kappa shape index (κ2) is 5.31. The number of nitrogens with one attached hydrogen (secondary N) is 1. The van der Waals surface area contributed by atoms with Gasteiger partial charge in [-0.15, -0.1) is 0 Å². The van der Waals surface area contributed by atoms with Crippen LogP contribution in [0.3, 0.4) is 0 Å². The summed E-state index contributed by atoms with van der Waals surface area (Å²) >= 11 is 0. The molecule has 3 N–H and O–H groups in total. The lowest BCUT2D eigenvalue weighted by molar-refractivity contribution is -0.118. The Kier molecular flexibility index (Phi) is 4.05. The molecule has 0 atom stereocenters. The number of carbonyl (C=O) groups is 1. The van der Waals surface area contributed by atoms with Crippen molar-refractivity contribution in [3.05, 3.63) is 23.9 Å². The maximum Gasteiger partial charge on any atom is 0.231 e. The molecule has 0 radical (unpaired) electrons. The van der Waals surface area contributed by atoms with Gasteiger partial charge in [0.05, 0.1) is 6.54 Å². The molecule has 0 aliphatic rings. The SMILES string of the molecule is CNc1ccc(CN(C)CC(N)=O)cn1. The first-order valence-electron chi connectivity index (χ1n) is 4.71. The topological polar surface area (TPSA) is 71.2 Å². The van der Waals surface area contributed by atoms with E-state index in [0.717, 1.165) is 11.4 Å². The molecule has 0 aromatic carbocycles. The summed E-state index contributed by atoms with van der Waals surface area (Å²) in [5.41, 5.74) is 6.14. The Labute approximate surface area is 89.3 Å². The zero-order valence-electron chi connectivity index (χ0n) is 9.03. The van der Waals surface area contributed by atoms with Gasteiger partial charge in [0, 0.05) is 19.8 Å². The molecule has 82 valence electrons. The number of carbonyl (C=O) groups excluding carboxylic acids is 1. The monoisotopic (exact) mass is 208 g/mol. The molecule has 15 heavy (non-hydrogen) atoms. The van der Waals surface area contributed by atoms with Crippen molar-refractivity contribution in [3.8, 4) is 0 Å². The first-order chi connectivity index (χ1) is 7.11. The number of nitrogens with zero attached hydrogens (tertiary/aromatic N) is 2. The predicted octanol–water partition coefficient (Wildman–Crippen LogP) is 0.0404. The van der Waals surface area contributed by atoms with Crippen molar-refractivity contribution in [1.29, 1.82) is 0 Å². The van der Waals surface area contributed by atoms with Gasteiger partial charge in [0.2, 0.25) is 5.91 Å². The lowest BCUT2D eigenvalue weighted by atomic mass is 10.2. The number of rotatable bonds is 5. The van der Waals surface area contributed by atoms with Gasteiger partial charge in [-0.1, -0.05) is 6.07 Å². The van der Waals surface area contributed by atoms with Gasteiger partial charge in [-0.3, -0.25) is 9.69 Å². The van der Waals surface area contributed by atoms with E-state index >= 15 is 0 Å². The van der Waals surface area contributed by atoms with Crippen molar-refractivity contribution in [2.45, 2.75) is 6.54 Å². The van der Waals surface area contributed by atoms with Gasteiger partial charge < -0.3 is 11.1 Å². The molecule has 0 fully saturated rings. The molecule has 1 aromatic heterocycles. The van der Waals surface area contributed by atoms with Crippen molar-refractivity contribution in [3.63, 3.8) is 0 Å². The van der Waals surface area contributed by atoms with Crippen LogP contribution in [0.2, 0.25) is 0 Å². The molecule has 1 aromatic rings. The van der Waals surface area contributed by atoms with Gasteiger partial charge in [-0.2, -0.15) is 0 Å². The van der Waals surface area contributed by atoms with Crippen LogP contribution in [0.1, 0.15) is 5.56 Å². The highest BCUT2D eigenvalue weighted by atomic mass is 16.1. The first kappa shape index (κ1) is 11.5. The van der Waals surface area contributed by atoms with Crippen LogP contribution < -0.4 is 11.1 Å². The Balaban J connectivity index is 2.53. The summed E-state index contributed by atoms with van der Waals surface area (Å²) in [7, 11) is 3.66. The van der Waals surface area contributed by atoms with E-state index in [4.69, 9.17) is 5.73 Å². The third-order valence-corrected chi connectivity index (χ3v) is 1.96. The van der Waals surface area contributed by atoms with E-state index in [0.29, 0.717) is 6.54 Å². The summed E-state index contributed by atoms with van der Waals surface area (Å²) in [5, 5.41) is 2.94. The minimum absolute atomic E-state index is 0.258. The summed E-state index contributed by atoms with van der Waals surface area (Å²) in [6.07, 6.45) is 1.78. The minimum Gasteiger partial charge on any atom is -0.373 e. The van der Waals surface area contributed by atoms with E-state index in [1.165, 1.54) is 0 Å². The largest absolute Gasteiger partial charge is 0.373 e. The number of hydrogen-bond acceptors (Lipinski definition) is 4.